The molecule has 26 heavy (non-hydrogen) atoms. The smallest absolute Gasteiger partial charge is 0.258 e. The fraction of sp³-hybridized carbons (Fsp3) is 0.222. The standard InChI is InChI=1S/C18H18N6OS/c1-13(14-3-5-16(6-4-14)24-12-19-11-20-24)22(2)10-15-9-17(25)23-7-8-26-18(23)21-15/h3-9,11-13H,10H2,1-2H3. The predicted molar refractivity (Wildman–Crippen MR) is 101 cm³/mol. The van der Waals surface area contributed by atoms with Crippen LogP contribution in [0.5, 0.6) is 0 Å². The van der Waals surface area contributed by atoms with Crippen LogP contribution < -0.4 is 5.56 Å². The molecule has 0 spiro atoms. The highest BCUT2D eigenvalue weighted by Crippen LogP contribution is 2.21. The zero-order valence-electron chi connectivity index (χ0n) is 14.5. The SMILES string of the molecule is CC(c1ccc(-n2cncn2)cc1)N(C)Cc1cc(=O)n2ccsc2n1. The van der Waals surface area contributed by atoms with Crippen LogP contribution in [-0.2, 0) is 6.54 Å². The Kier molecular flexibility index (Phi) is 4.36. The third-order valence-electron chi connectivity index (χ3n) is 4.49. The van der Waals surface area contributed by atoms with E-state index in [0.717, 1.165) is 16.3 Å². The van der Waals surface area contributed by atoms with Gasteiger partial charge in [-0.15, -0.1) is 11.3 Å². The van der Waals surface area contributed by atoms with Crippen LogP contribution >= 0.6 is 11.3 Å². The van der Waals surface area contributed by atoms with Crippen LogP contribution in [0.15, 0.2) is 59.4 Å². The molecule has 0 aliphatic rings. The monoisotopic (exact) mass is 366 g/mol. The van der Waals surface area contributed by atoms with Crippen LogP contribution in [0.3, 0.4) is 0 Å². The van der Waals surface area contributed by atoms with Gasteiger partial charge in [0.05, 0.1) is 11.4 Å². The van der Waals surface area contributed by atoms with E-state index in [1.165, 1.54) is 23.2 Å². The third kappa shape index (κ3) is 3.16. The molecule has 132 valence electrons. The van der Waals surface area contributed by atoms with Crippen LogP contribution in [0, 0.1) is 0 Å². The number of fused-ring (bicyclic) bond motifs is 1. The summed E-state index contributed by atoms with van der Waals surface area (Å²) in [5.41, 5.74) is 2.90. The molecule has 1 aromatic carbocycles. The van der Waals surface area contributed by atoms with Crippen molar-refractivity contribution in [3.8, 4) is 5.69 Å². The number of rotatable bonds is 5. The van der Waals surface area contributed by atoms with E-state index in [0.29, 0.717) is 6.54 Å². The van der Waals surface area contributed by atoms with Gasteiger partial charge in [-0.1, -0.05) is 12.1 Å². The van der Waals surface area contributed by atoms with Gasteiger partial charge < -0.3 is 0 Å². The molecular formula is C18H18N6OS. The van der Waals surface area contributed by atoms with Gasteiger partial charge in [-0.25, -0.2) is 14.6 Å². The van der Waals surface area contributed by atoms with E-state index in [1.807, 2.05) is 24.6 Å². The van der Waals surface area contributed by atoms with E-state index < -0.39 is 0 Å². The zero-order chi connectivity index (χ0) is 18.1. The Labute approximate surface area is 154 Å². The van der Waals surface area contributed by atoms with E-state index in [4.69, 9.17) is 0 Å². The number of hydrogen-bond donors (Lipinski definition) is 0. The van der Waals surface area contributed by atoms with Gasteiger partial charge in [0.15, 0.2) is 4.96 Å². The maximum atomic E-state index is 12.1. The van der Waals surface area contributed by atoms with Crippen molar-refractivity contribution in [2.24, 2.45) is 0 Å². The summed E-state index contributed by atoms with van der Waals surface area (Å²) in [6.07, 6.45) is 4.95. The summed E-state index contributed by atoms with van der Waals surface area (Å²) in [4.78, 5) is 23.6. The van der Waals surface area contributed by atoms with Crippen molar-refractivity contribution >= 4 is 16.3 Å². The molecule has 0 N–H and O–H groups in total. The molecule has 1 unspecified atom stereocenters. The zero-order valence-corrected chi connectivity index (χ0v) is 15.3. The lowest BCUT2D eigenvalue weighted by Crippen LogP contribution is -2.24. The van der Waals surface area contributed by atoms with Crippen molar-refractivity contribution in [2.75, 3.05) is 7.05 Å². The minimum atomic E-state index is -0.0375. The lowest BCUT2D eigenvalue weighted by atomic mass is 10.1. The Morgan fingerprint density at radius 3 is 2.81 bits per heavy atom. The number of hydrogen-bond acceptors (Lipinski definition) is 6. The van der Waals surface area contributed by atoms with E-state index in [1.54, 1.807) is 27.7 Å². The van der Waals surface area contributed by atoms with Crippen molar-refractivity contribution in [3.05, 3.63) is 76.2 Å². The Balaban J connectivity index is 1.51. The normalized spacial score (nSPS) is 12.7. The molecule has 1 atom stereocenters. The molecule has 0 fully saturated rings. The lowest BCUT2D eigenvalue weighted by Gasteiger charge is -2.24. The number of thiazole rings is 1. The predicted octanol–water partition coefficient (Wildman–Crippen LogP) is 2.53. The van der Waals surface area contributed by atoms with Gasteiger partial charge in [0.2, 0.25) is 0 Å². The first-order chi connectivity index (χ1) is 12.6. The van der Waals surface area contributed by atoms with Crippen LogP contribution in [0.25, 0.3) is 10.6 Å². The number of nitrogens with zero attached hydrogens (tertiary/aromatic N) is 6. The van der Waals surface area contributed by atoms with Crippen molar-refractivity contribution in [1.29, 1.82) is 0 Å². The average Bonchev–Trinajstić information content (AvgIpc) is 3.33. The molecule has 0 bridgehead atoms. The van der Waals surface area contributed by atoms with E-state index in [2.05, 4.69) is 39.0 Å². The quantitative estimate of drug-likeness (QED) is 0.543. The van der Waals surface area contributed by atoms with Crippen LogP contribution in [0.1, 0.15) is 24.2 Å². The molecule has 3 aromatic heterocycles. The minimum Gasteiger partial charge on any atom is -0.294 e. The highest BCUT2D eigenvalue weighted by molar-refractivity contribution is 7.15. The highest BCUT2D eigenvalue weighted by Gasteiger charge is 2.14. The van der Waals surface area contributed by atoms with E-state index in [9.17, 15) is 4.79 Å². The fourth-order valence-electron chi connectivity index (χ4n) is 2.86. The largest absolute Gasteiger partial charge is 0.294 e. The Hall–Kier alpha value is -2.84. The molecule has 3 heterocycles. The van der Waals surface area contributed by atoms with Gasteiger partial charge in [0, 0.05) is 30.2 Å². The molecule has 0 aliphatic carbocycles. The molecule has 4 aromatic rings. The summed E-state index contributed by atoms with van der Waals surface area (Å²) < 4.78 is 3.30. The summed E-state index contributed by atoms with van der Waals surface area (Å²) in [5, 5.41) is 6.01. The average molecular weight is 366 g/mol. The van der Waals surface area contributed by atoms with Gasteiger partial charge in [0.25, 0.3) is 5.56 Å². The molecule has 0 saturated carbocycles. The first kappa shape index (κ1) is 16.6. The summed E-state index contributed by atoms with van der Waals surface area (Å²) in [7, 11) is 2.04. The molecule has 0 aliphatic heterocycles. The van der Waals surface area contributed by atoms with Crippen LogP contribution in [0.2, 0.25) is 0 Å². The summed E-state index contributed by atoms with van der Waals surface area (Å²) >= 11 is 1.47. The van der Waals surface area contributed by atoms with Gasteiger partial charge in [-0.05, 0) is 31.7 Å². The summed E-state index contributed by atoms with van der Waals surface area (Å²) in [6, 6.07) is 10.0. The summed E-state index contributed by atoms with van der Waals surface area (Å²) in [6.45, 7) is 2.75. The molecular weight excluding hydrogens is 348 g/mol. The molecule has 0 radical (unpaired) electrons. The second-order valence-electron chi connectivity index (χ2n) is 6.16. The second kappa shape index (κ2) is 6.81. The first-order valence-corrected chi connectivity index (χ1v) is 9.11. The first-order valence-electron chi connectivity index (χ1n) is 8.23. The van der Waals surface area contributed by atoms with Crippen molar-refractivity contribution in [1.82, 2.24) is 29.0 Å². The fourth-order valence-corrected chi connectivity index (χ4v) is 3.60. The lowest BCUT2D eigenvalue weighted by molar-refractivity contribution is 0.250. The summed E-state index contributed by atoms with van der Waals surface area (Å²) in [5.74, 6) is 0. The molecule has 0 amide bonds. The molecule has 7 nitrogen and oxygen atoms in total. The topological polar surface area (TPSA) is 68.3 Å². The van der Waals surface area contributed by atoms with E-state index >= 15 is 0 Å². The van der Waals surface area contributed by atoms with Gasteiger partial charge >= 0.3 is 0 Å². The maximum absolute atomic E-state index is 12.1. The maximum Gasteiger partial charge on any atom is 0.258 e. The molecule has 8 heteroatoms. The van der Waals surface area contributed by atoms with Crippen molar-refractivity contribution in [3.63, 3.8) is 0 Å². The second-order valence-corrected chi connectivity index (χ2v) is 7.04. The van der Waals surface area contributed by atoms with Crippen molar-refractivity contribution < 1.29 is 0 Å². The highest BCUT2D eigenvalue weighted by atomic mass is 32.1. The van der Waals surface area contributed by atoms with Crippen molar-refractivity contribution in [2.45, 2.75) is 19.5 Å². The van der Waals surface area contributed by atoms with Gasteiger partial charge in [-0.3, -0.25) is 14.1 Å². The Morgan fingerprint density at radius 2 is 2.08 bits per heavy atom. The van der Waals surface area contributed by atoms with E-state index in [-0.39, 0.29) is 11.6 Å². The Bertz CT molecular complexity index is 1070. The van der Waals surface area contributed by atoms with Gasteiger partial charge in [-0.2, -0.15) is 5.10 Å². The molecule has 0 saturated heterocycles. The van der Waals surface area contributed by atoms with Crippen LogP contribution in [0.4, 0.5) is 0 Å². The third-order valence-corrected chi connectivity index (χ3v) is 5.24. The number of aromatic nitrogens is 5. The minimum absolute atomic E-state index is 0.0375. The molecule has 4 rings (SSSR count). The van der Waals surface area contributed by atoms with Crippen LogP contribution in [-0.4, -0.2) is 36.1 Å². The Morgan fingerprint density at radius 1 is 1.27 bits per heavy atom. The van der Waals surface area contributed by atoms with Gasteiger partial charge in [0.1, 0.15) is 12.7 Å². The number of benzene rings is 1.